The van der Waals surface area contributed by atoms with Crippen LogP contribution in [0.1, 0.15) is 39.0 Å². The van der Waals surface area contributed by atoms with Crippen LogP contribution in [0.25, 0.3) is 0 Å². The molecule has 6 nitrogen and oxygen atoms in total. The number of guanidine groups is 1. The van der Waals surface area contributed by atoms with Gasteiger partial charge in [-0.1, -0.05) is 19.3 Å². The van der Waals surface area contributed by atoms with Gasteiger partial charge in [0.15, 0.2) is 0 Å². The molecule has 2 fully saturated rings. The molecule has 0 radical (unpaired) electrons. The second kappa shape index (κ2) is 6.03. The van der Waals surface area contributed by atoms with E-state index < -0.39 is 10.0 Å². The van der Waals surface area contributed by atoms with E-state index in [4.69, 9.17) is 11.1 Å². The largest absolute Gasteiger partial charge is 0.399 e. The van der Waals surface area contributed by atoms with Crippen LogP contribution in [0.2, 0.25) is 0 Å². The Balaban J connectivity index is 1.87. The molecule has 0 bridgehead atoms. The summed E-state index contributed by atoms with van der Waals surface area (Å²) in [6.45, 7) is 2.46. The fourth-order valence-electron chi connectivity index (χ4n) is 3.60. The van der Waals surface area contributed by atoms with Crippen molar-refractivity contribution in [1.82, 2.24) is 9.21 Å². The number of nitrogens with two attached hydrogens (primary N) is 1. The number of anilines is 1. The van der Waals surface area contributed by atoms with Crippen molar-refractivity contribution in [3.05, 3.63) is 24.3 Å². The number of sulfonamides is 1. The minimum Gasteiger partial charge on any atom is -0.399 e. The molecule has 0 aromatic heterocycles. The van der Waals surface area contributed by atoms with Crippen LogP contribution in [-0.4, -0.2) is 42.2 Å². The molecule has 2 aliphatic rings. The number of benzene rings is 1. The van der Waals surface area contributed by atoms with Gasteiger partial charge in [-0.25, -0.2) is 12.7 Å². The summed E-state index contributed by atoms with van der Waals surface area (Å²) < 4.78 is 27.1. The fourth-order valence-corrected chi connectivity index (χ4v) is 5.18. The Bertz CT molecular complexity index is 681. The van der Waals surface area contributed by atoms with Crippen molar-refractivity contribution in [1.29, 1.82) is 5.41 Å². The fraction of sp³-hybridized carbons (Fsp3) is 0.562. The van der Waals surface area contributed by atoms with Crippen molar-refractivity contribution in [2.45, 2.75) is 56.0 Å². The summed E-state index contributed by atoms with van der Waals surface area (Å²) in [5.41, 5.74) is 6.16. The van der Waals surface area contributed by atoms with E-state index in [0.717, 1.165) is 25.7 Å². The first-order valence-electron chi connectivity index (χ1n) is 8.16. The van der Waals surface area contributed by atoms with Gasteiger partial charge in [-0.3, -0.25) is 5.41 Å². The van der Waals surface area contributed by atoms with Gasteiger partial charge >= 0.3 is 0 Å². The molecule has 3 N–H and O–H groups in total. The van der Waals surface area contributed by atoms with Gasteiger partial charge < -0.3 is 10.6 Å². The van der Waals surface area contributed by atoms with Crippen molar-refractivity contribution < 1.29 is 8.42 Å². The van der Waals surface area contributed by atoms with Crippen LogP contribution in [0.4, 0.5) is 5.69 Å². The SMILES string of the molecule is CC1CN(C2CCCCC2)C(=N)N1S(=O)(=O)c1ccc(N)cc1. The lowest BCUT2D eigenvalue weighted by Crippen LogP contribution is -2.43. The van der Waals surface area contributed by atoms with E-state index in [9.17, 15) is 8.42 Å². The molecule has 1 atom stereocenters. The Morgan fingerprint density at radius 2 is 1.74 bits per heavy atom. The molecule has 1 saturated heterocycles. The molecule has 126 valence electrons. The Hall–Kier alpha value is -1.76. The highest BCUT2D eigenvalue weighted by Crippen LogP contribution is 2.31. The second-order valence-electron chi connectivity index (χ2n) is 6.49. The first kappa shape index (κ1) is 16.1. The van der Waals surface area contributed by atoms with E-state index in [1.807, 2.05) is 11.8 Å². The normalized spacial score (nSPS) is 23.5. The van der Waals surface area contributed by atoms with E-state index in [1.54, 1.807) is 12.1 Å². The van der Waals surface area contributed by atoms with Crippen LogP contribution in [-0.2, 0) is 10.0 Å². The summed E-state index contributed by atoms with van der Waals surface area (Å²) in [5, 5.41) is 8.43. The molecule has 7 heteroatoms. The van der Waals surface area contributed by atoms with Crippen molar-refractivity contribution in [2.75, 3.05) is 12.3 Å². The summed E-state index contributed by atoms with van der Waals surface area (Å²) in [6.07, 6.45) is 5.65. The van der Waals surface area contributed by atoms with Crippen molar-refractivity contribution >= 4 is 21.7 Å². The molecule has 1 aliphatic heterocycles. The molecule has 3 rings (SSSR count). The summed E-state index contributed by atoms with van der Waals surface area (Å²) >= 11 is 0. The minimum absolute atomic E-state index is 0.112. The number of nitrogens with zero attached hydrogens (tertiary/aromatic N) is 2. The third-order valence-electron chi connectivity index (χ3n) is 4.79. The van der Waals surface area contributed by atoms with Crippen LogP contribution < -0.4 is 5.73 Å². The van der Waals surface area contributed by atoms with Gasteiger partial charge in [0, 0.05) is 18.3 Å². The number of rotatable bonds is 3. The first-order valence-corrected chi connectivity index (χ1v) is 9.60. The predicted molar refractivity (Wildman–Crippen MR) is 90.6 cm³/mol. The maximum absolute atomic E-state index is 12.9. The van der Waals surface area contributed by atoms with Crippen molar-refractivity contribution in [3.63, 3.8) is 0 Å². The van der Waals surface area contributed by atoms with Crippen LogP contribution in [0.3, 0.4) is 0 Å². The van der Waals surface area contributed by atoms with Gasteiger partial charge in [0.1, 0.15) is 0 Å². The van der Waals surface area contributed by atoms with E-state index >= 15 is 0 Å². The van der Waals surface area contributed by atoms with Crippen molar-refractivity contribution in [2.24, 2.45) is 0 Å². The van der Waals surface area contributed by atoms with E-state index in [-0.39, 0.29) is 16.9 Å². The topological polar surface area (TPSA) is 90.5 Å². The summed E-state index contributed by atoms with van der Waals surface area (Å²) in [7, 11) is -3.71. The molecule has 1 aliphatic carbocycles. The molecule has 23 heavy (non-hydrogen) atoms. The molecule has 1 heterocycles. The predicted octanol–water partition coefficient (Wildman–Crippen LogP) is 2.23. The third kappa shape index (κ3) is 2.89. The van der Waals surface area contributed by atoms with Crippen LogP contribution in [0.15, 0.2) is 29.2 Å². The zero-order valence-corrected chi connectivity index (χ0v) is 14.2. The number of hydrogen-bond acceptors (Lipinski definition) is 4. The maximum Gasteiger partial charge on any atom is 0.266 e. The first-order chi connectivity index (χ1) is 10.9. The van der Waals surface area contributed by atoms with Crippen LogP contribution in [0, 0.1) is 5.41 Å². The Kier molecular flexibility index (Phi) is 4.23. The summed E-state index contributed by atoms with van der Waals surface area (Å²) in [5.74, 6) is 0.112. The van der Waals surface area contributed by atoms with E-state index in [0.29, 0.717) is 18.3 Å². The number of hydrogen-bond donors (Lipinski definition) is 2. The number of nitrogen functional groups attached to an aromatic ring is 1. The Labute approximate surface area is 137 Å². The molecule has 0 spiro atoms. The Morgan fingerprint density at radius 3 is 2.35 bits per heavy atom. The van der Waals surface area contributed by atoms with Gasteiger partial charge in [0.25, 0.3) is 10.0 Å². The highest BCUT2D eigenvalue weighted by molar-refractivity contribution is 7.89. The van der Waals surface area contributed by atoms with Crippen LogP contribution >= 0.6 is 0 Å². The standard InChI is InChI=1S/C16H24N4O2S/c1-12-11-19(14-5-3-2-4-6-14)16(18)20(12)23(21,22)15-9-7-13(17)8-10-15/h7-10,12,14,18H,2-6,11,17H2,1H3. The number of nitrogens with one attached hydrogen (secondary N) is 1. The lowest BCUT2D eigenvalue weighted by Gasteiger charge is -2.32. The molecule has 0 amide bonds. The average Bonchev–Trinajstić information content (AvgIpc) is 2.84. The average molecular weight is 336 g/mol. The smallest absolute Gasteiger partial charge is 0.266 e. The van der Waals surface area contributed by atoms with Gasteiger partial charge in [-0.15, -0.1) is 0 Å². The highest BCUT2D eigenvalue weighted by Gasteiger charge is 2.42. The zero-order chi connectivity index (χ0) is 16.6. The quantitative estimate of drug-likeness (QED) is 0.828. The summed E-state index contributed by atoms with van der Waals surface area (Å²) in [6, 6.07) is 6.24. The molecule has 1 saturated carbocycles. The lowest BCUT2D eigenvalue weighted by atomic mass is 9.94. The van der Waals surface area contributed by atoms with Gasteiger partial charge in [-0.2, -0.15) is 0 Å². The second-order valence-corrected chi connectivity index (χ2v) is 8.30. The highest BCUT2D eigenvalue weighted by atomic mass is 32.2. The van der Waals surface area contributed by atoms with Gasteiger partial charge in [0.05, 0.1) is 10.9 Å². The monoisotopic (exact) mass is 336 g/mol. The molecular weight excluding hydrogens is 312 g/mol. The summed E-state index contributed by atoms with van der Waals surface area (Å²) in [4.78, 5) is 2.16. The third-order valence-corrected chi connectivity index (χ3v) is 6.71. The molecular formula is C16H24N4O2S. The molecule has 1 aromatic carbocycles. The van der Waals surface area contributed by atoms with Gasteiger partial charge in [-0.05, 0) is 44.0 Å². The molecule has 1 unspecified atom stereocenters. The minimum atomic E-state index is -3.71. The maximum atomic E-state index is 12.9. The molecule has 1 aromatic rings. The van der Waals surface area contributed by atoms with Crippen LogP contribution in [0.5, 0.6) is 0 Å². The van der Waals surface area contributed by atoms with E-state index in [1.165, 1.54) is 22.9 Å². The lowest BCUT2D eigenvalue weighted by molar-refractivity contribution is 0.254. The van der Waals surface area contributed by atoms with E-state index in [2.05, 4.69) is 0 Å². The Morgan fingerprint density at radius 1 is 1.13 bits per heavy atom. The van der Waals surface area contributed by atoms with Gasteiger partial charge in [0.2, 0.25) is 5.96 Å². The van der Waals surface area contributed by atoms with Crippen molar-refractivity contribution in [3.8, 4) is 0 Å². The zero-order valence-electron chi connectivity index (χ0n) is 13.4.